The number of sulfonamides is 1. The van der Waals surface area contributed by atoms with E-state index in [-0.39, 0.29) is 5.91 Å². The average Bonchev–Trinajstić information content (AvgIpc) is 3.08. The van der Waals surface area contributed by atoms with Gasteiger partial charge in [-0.3, -0.25) is 20.0 Å². The molecule has 1 aliphatic heterocycles. The Morgan fingerprint density at radius 2 is 2.04 bits per heavy atom. The third kappa shape index (κ3) is 6.34. The molecule has 0 fully saturated rings. The quantitative estimate of drug-likeness (QED) is 0.336. The summed E-state index contributed by atoms with van der Waals surface area (Å²) in [5.74, 6) is 0.192. The van der Waals surface area contributed by atoms with Crippen molar-refractivity contribution in [1.29, 1.82) is 0 Å². The van der Waals surface area contributed by atoms with E-state index < -0.39 is 10.0 Å². The highest BCUT2D eigenvalue weighted by Crippen LogP contribution is 2.30. The first kappa shape index (κ1) is 22.4. The van der Waals surface area contributed by atoms with Gasteiger partial charge in [0.1, 0.15) is 0 Å². The van der Waals surface area contributed by atoms with E-state index in [0.29, 0.717) is 35.2 Å². The molecule has 0 bridgehead atoms. The Balaban J connectivity index is 1.81. The minimum absolute atomic E-state index is 0.319. The second kappa shape index (κ2) is 10.1. The maximum atomic E-state index is 12.3. The fourth-order valence-electron chi connectivity index (χ4n) is 3.20. The lowest BCUT2D eigenvalue weighted by atomic mass is 10.0. The predicted molar refractivity (Wildman–Crippen MR) is 117 cm³/mol. The molecule has 3 N–H and O–H groups in total. The molecule has 1 amide bonds. The van der Waals surface area contributed by atoms with Crippen LogP contribution >= 0.6 is 12.2 Å². The number of thiocarbonyl (C=S) groups is 1. The van der Waals surface area contributed by atoms with Gasteiger partial charge in [-0.05, 0) is 54.7 Å². The second-order valence-electron chi connectivity index (χ2n) is 7.32. The molecule has 9 heteroatoms. The lowest BCUT2D eigenvalue weighted by molar-refractivity contribution is 0.0943. The molecule has 28 heavy (non-hydrogen) atoms. The van der Waals surface area contributed by atoms with Gasteiger partial charge < -0.3 is 5.32 Å². The van der Waals surface area contributed by atoms with E-state index in [9.17, 15) is 13.2 Å². The van der Waals surface area contributed by atoms with Crippen molar-refractivity contribution in [2.24, 2.45) is 5.92 Å². The van der Waals surface area contributed by atoms with Gasteiger partial charge in [0, 0.05) is 18.7 Å². The van der Waals surface area contributed by atoms with Crippen LogP contribution in [-0.2, 0) is 16.4 Å². The fourth-order valence-corrected chi connectivity index (χ4v) is 4.29. The summed E-state index contributed by atoms with van der Waals surface area (Å²) in [6, 6.07) is 5.02. The number of hydrazine groups is 1. The number of carbonyl (C=O) groups excluding carboxylic acids is 1. The van der Waals surface area contributed by atoms with Crippen LogP contribution in [0.1, 0.15) is 55.5 Å². The van der Waals surface area contributed by atoms with Crippen LogP contribution in [0.15, 0.2) is 18.2 Å². The van der Waals surface area contributed by atoms with Gasteiger partial charge in [0.05, 0.1) is 11.9 Å². The molecule has 1 aromatic carbocycles. The Morgan fingerprint density at radius 3 is 2.71 bits per heavy atom. The molecule has 0 aromatic heterocycles. The molecule has 7 nitrogen and oxygen atoms in total. The van der Waals surface area contributed by atoms with E-state index in [1.165, 1.54) is 29.8 Å². The molecule has 0 aliphatic carbocycles. The van der Waals surface area contributed by atoms with Gasteiger partial charge in [-0.1, -0.05) is 33.1 Å². The summed E-state index contributed by atoms with van der Waals surface area (Å²) >= 11 is 5.20. The van der Waals surface area contributed by atoms with Gasteiger partial charge in [-0.25, -0.2) is 8.42 Å². The van der Waals surface area contributed by atoms with Gasteiger partial charge in [-0.2, -0.15) is 0 Å². The molecule has 156 valence electrons. The Kier molecular flexibility index (Phi) is 8.06. The standard InChI is InChI=1S/C19H30N4O3S2/c1-4-5-6-7-14(2)13-20-19(27)22-21-18(24)16-8-9-17-15(12-16)10-11-23(17)28(3,25)26/h8-9,12,14H,4-7,10-11,13H2,1-3H3,(H,21,24)(H2,20,22,27)/t14-/m1/s1. The van der Waals surface area contributed by atoms with Crippen molar-refractivity contribution in [1.82, 2.24) is 16.2 Å². The number of nitrogens with one attached hydrogen (secondary N) is 3. The second-order valence-corrected chi connectivity index (χ2v) is 9.63. The highest BCUT2D eigenvalue weighted by Gasteiger charge is 2.26. The first-order valence-electron chi connectivity index (χ1n) is 9.67. The number of nitrogens with zero attached hydrogens (tertiary/aromatic N) is 1. The van der Waals surface area contributed by atoms with Crippen LogP contribution in [0.5, 0.6) is 0 Å². The van der Waals surface area contributed by atoms with Crippen molar-refractivity contribution in [2.75, 3.05) is 23.7 Å². The number of fused-ring (bicyclic) bond motifs is 1. The van der Waals surface area contributed by atoms with E-state index in [1.54, 1.807) is 18.2 Å². The highest BCUT2D eigenvalue weighted by molar-refractivity contribution is 7.92. The number of carbonyl (C=O) groups is 1. The largest absolute Gasteiger partial charge is 0.361 e. The third-order valence-corrected chi connectivity index (χ3v) is 6.22. The zero-order chi connectivity index (χ0) is 20.7. The summed E-state index contributed by atoms with van der Waals surface area (Å²) in [6.07, 6.45) is 6.59. The van der Waals surface area contributed by atoms with Crippen molar-refractivity contribution < 1.29 is 13.2 Å². The van der Waals surface area contributed by atoms with E-state index >= 15 is 0 Å². The first-order valence-corrected chi connectivity index (χ1v) is 11.9. The number of amides is 1. The van der Waals surface area contributed by atoms with Crippen LogP contribution < -0.4 is 20.5 Å². The first-order chi connectivity index (χ1) is 13.2. The summed E-state index contributed by atoms with van der Waals surface area (Å²) < 4.78 is 24.9. The molecule has 1 heterocycles. The zero-order valence-corrected chi connectivity index (χ0v) is 18.4. The fraction of sp³-hybridized carbons (Fsp3) is 0.579. The van der Waals surface area contributed by atoms with E-state index in [0.717, 1.165) is 18.5 Å². The van der Waals surface area contributed by atoms with Gasteiger partial charge in [-0.15, -0.1) is 0 Å². The lowest BCUT2D eigenvalue weighted by Gasteiger charge is -2.17. The van der Waals surface area contributed by atoms with Crippen molar-refractivity contribution in [3.8, 4) is 0 Å². The maximum Gasteiger partial charge on any atom is 0.269 e. The molecule has 0 unspecified atom stereocenters. The molecule has 0 radical (unpaired) electrons. The summed E-state index contributed by atoms with van der Waals surface area (Å²) in [6.45, 7) is 5.52. The Labute approximate surface area is 173 Å². The summed E-state index contributed by atoms with van der Waals surface area (Å²) in [5, 5.41) is 3.49. The SMILES string of the molecule is CCCCC[C@@H](C)CNC(=S)NNC(=O)c1ccc2c(c1)CCN2S(C)(=O)=O. The molecular formula is C19H30N4O3S2. The molecule has 0 saturated carbocycles. The summed E-state index contributed by atoms with van der Waals surface area (Å²) in [4.78, 5) is 12.3. The van der Waals surface area contributed by atoms with E-state index in [4.69, 9.17) is 12.2 Å². The molecule has 1 aliphatic rings. The number of benzene rings is 1. The normalized spacial score (nSPS) is 14.3. The molecule has 2 rings (SSSR count). The Bertz CT molecular complexity index is 811. The number of hydrogen-bond donors (Lipinski definition) is 3. The molecular weight excluding hydrogens is 396 g/mol. The van der Waals surface area contributed by atoms with Crippen LogP contribution in [0.2, 0.25) is 0 Å². The topological polar surface area (TPSA) is 90.5 Å². The Morgan fingerprint density at radius 1 is 1.29 bits per heavy atom. The van der Waals surface area contributed by atoms with Gasteiger partial charge in [0.25, 0.3) is 5.91 Å². The van der Waals surface area contributed by atoms with Crippen LogP contribution in [0.4, 0.5) is 5.69 Å². The lowest BCUT2D eigenvalue weighted by Crippen LogP contribution is -2.47. The summed E-state index contributed by atoms with van der Waals surface area (Å²) in [5.41, 5.74) is 7.24. The Hall–Kier alpha value is -1.87. The van der Waals surface area contributed by atoms with Crippen molar-refractivity contribution in [3.63, 3.8) is 0 Å². The minimum atomic E-state index is -3.30. The molecule has 1 aromatic rings. The number of rotatable bonds is 8. The third-order valence-electron chi connectivity index (χ3n) is 4.80. The smallest absolute Gasteiger partial charge is 0.269 e. The van der Waals surface area contributed by atoms with E-state index in [2.05, 4.69) is 30.0 Å². The van der Waals surface area contributed by atoms with E-state index in [1.807, 2.05) is 0 Å². The molecule has 0 saturated heterocycles. The van der Waals surface area contributed by atoms with Crippen LogP contribution in [-0.4, -0.2) is 38.8 Å². The van der Waals surface area contributed by atoms with Crippen molar-refractivity contribution in [2.45, 2.75) is 46.0 Å². The number of hydrogen-bond acceptors (Lipinski definition) is 4. The minimum Gasteiger partial charge on any atom is -0.361 e. The van der Waals surface area contributed by atoms with Crippen LogP contribution in [0.25, 0.3) is 0 Å². The van der Waals surface area contributed by atoms with Gasteiger partial charge in [0.2, 0.25) is 10.0 Å². The van der Waals surface area contributed by atoms with Gasteiger partial charge in [0.15, 0.2) is 5.11 Å². The zero-order valence-electron chi connectivity index (χ0n) is 16.7. The van der Waals surface area contributed by atoms with Crippen LogP contribution in [0.3, 0.4) is 0 Å². The summed E-state index contributed by atoms with van der Waals surface area (Å²) in [7, 11) is -3.30. The number of anilines is 1. The molecule has 0 spiro atoms. The number of unbranched alkanes of at least 4 members (excludes halogenated alkanes) is 2. The van der Waals surface area contributed by atoms with Crippen molar-refractivity contribution >= 4 is 38.9 Å². The molecule has 1 atom stereocenters. The van der Waals surface area contributed by atoms with Crippen LogP contribution in [0, 0.1) is 5.92 Å². The maximum absolute atomic E-state index is 12.3. The van der Waals surface area contributed by atoms with Gasteiger partial charge >= 0.3 is 0 Å². The highest BCUT2D eigenvalue weighted by atomic mass is 32.2. The monoisotopic (exact) mass is 426 g/mol. The van der Waals surface area contributed by atoms with Crippen molar-refractivity contribution in [3.05, 3.63) is 29.3 Å². The predicted octanol–water partition coefficient (Wildman–Crippen LogP) is 2.33. The average molecular weight is 427 g/mol.